The van der Waals surface area contributed by atoms with Crippen LogP contribution in [0.2, 0.25) is 0 Å². The first kappa shape index (κ1) is 17.8. The van der Waals surface area contributed by atoms with E-state index >= 15 is 0 Å². The van der Waals surface area contributed by atoms with Crippen molar-refractivity contribution in [1.29, 1.82) is 0 Å². The van der Waals surface area contributed by atoms with Crippen LogP contribution in [0.3, 0.4) is 0 Å². The van der Waals surface area contributed by atoms with E-state index in [4.69, 9.17) is 0 Å². The Morgan fingerprint density at radius 3 is 2.76 bits per heavy atom. The third-order valence-electron chi connectivity index (χ3n) is 3.43. The van der Waals surface area contributed by atoms with E-state index in [1.807, 2.05) is 42.5 Å². The number of thioether (sulfide) groups is 2. The first-order valence-corrected chi connectivity index (χ1v) is 9.87. The van der Waals surface area contributed by atoms with Crippen LogP contribution in [0.5, 0.6) is 0 Å². The molecule has 3 aromatic rings. The fourth-order valence-electron chi connectivity index (χ4n) is 2.35. The molecule has 0 atom stereocenters. The molecule has 0 radical (unpaired) electrons. The monoisotopic (exact) mass is 373 g/mol. The summed E-state index contributed by atoms with van der Waals surface area (Å²) in [6, 6.07) is 12.1. The van der Waals surface area contributed by atoms with Crippen LogP contribution in [0.15, 0.2) is 46.5 Å². The lowest BCUT2D eigenvalue weighted by Crippen LogP contribution is -2.27. The van der Waals surface area contributed by atoms with E-state index in [9.17, 15) is 4.79 Å². The second-order valence-corrected chi connectivity index (χ2v) is 7.57. The number of hydrogen-bond donors (Lipinski definition) is 1. The first-order chi connectivity index (χ1) is 12.1. The van der Waals surface area contributed by atoms with E-state index in [0.717, 1.165) is 17.1 Å². The summed E-state index contributed by atoms with van der Waals surface area (Å²) in [5, 5.41) is 11.8. The van der Waals surface area contributed by atoms with Gasteiger partial charge in [-0.25, -0.2) is 4.98 Å². The maximum absolute atomic E-state index is 12.0. The molecule has 3 rings (SSSR count). The van der Waals surface area contributed by atoms with Crippen LogP contribution in [-0.2, 0) is 4.79 Å². The summed E-state index contributed by atoms with van der Waals surface area (Å²) in [6.07, 6.45) is 0. The van der Waals surface area contributed by atoms with Gasteiger partial charge in [0.2, 0.25) is 5.91 Å². The molecule has 0 aliphatic rings. The molecule has 1 N–H and O–H groups in total. The van der Waals surface area contributed by atoms with E-state index in [0.29, 0.717) is 23.2 Å². The number of amides is 1. The van der Waals surface area contributed by atoms with Crippen LogP contribution in [0.1, 0.15) is 11.4 Å². The number of nitrogens with zero attached hydrogens (tertiary/aromatic N) is 4. The molecule has 2 aromatic heterocycles. The number of carbonyl (C=O) groups excluding carboxylic acids is 1. The third-order valence-corrected chi connectivity index (χ3v) is 5.37. The zero-order chi connectivity index (χ0) is 17.6. The number of nitrogens with one attached hydrogen (secondary N) is 1. The number of aromatic nitrogens is 4. The van der Waals surface area contributed by atoms with Gasteiger partial charge in [-0.15, -0.1) is 22.0 Å². The predicted molar refractivity (Wildman–Crippen MR) is 101 cm³/mol. The third kappa shape index (κ3) is 4.73. The molecular weight excluding hydrogens is 354 g/mol. The Labute approximate surface area is 154 Å². The van der Waals surface area contributed by atoms with Crippen LogP contribution in [0.25, 0.3) is 5.78 Å². The Morgan fingerprint density at radius 1 is 1.16 bits per heavy atom. The van der Waals surface area contributed by atoms with Crippen LogP contribution in [-0.4, -0.2) is 43.5 Å². The van der Waals surface area contributed by atoms with Gasteiger partial charge < -0.3 is 5.32 Å². The predicted octanol–water partition coefficient (Wildman–Crippen LogP) is 2.74. The van der Waals surface area contributed by atoms with Gasteiger partial charge in [-0.1, -0.05) is 30.0 Å². The number of aryl methyl sites for hydroxylation is 2. The molecule has 0 saturated carbocycles. The van der Waals surface area contributed by atoms with Gasteiger partial charge in [0.25, 0.3) is 5.78 Å². The topological polar surface area (TPSA) is 72.2 Å². The number of fused-ring (bicyclic) bond motifs is 1. The van der Waals surface area contributed by atoms with Gasteiger partial charge in [0.15, 0.2) is 5.16 Å². The number of benzene rings is 1. The normalized spacial score (nSPS) is 11.0. The minimum absolute atomic E-state index is 0.00636. The SMILES string of the molecule is Cc1cc(C)n2c(SCC(=O)NCCSc3ccccc3)nnc2n1. The second-order valence-electron chi connectivity index (χ2n) is 5.46. The number of hydrogen-bond acceptors (Lipinski definition) is 6. The summed E-state index contributed by atoms with van der Waals surface area (Å²) in [4.78, 5) is 17.6. The molecule has 1 aromatic carbocycles. The molecule has 130 valence electrons. The number of rotatable bonds is 7. The Bertz CT molecular complexity index is 866. The van der Waals surface area contributed by atoms with Gasteiger partial charge in [-0.2, -0.15) is 0 Å². The highest BCUT2D eigenvalue weighted by atomic mass is 32.2. The molecule has 0 spiro atoms. The molecule has 6 nitrogen and oxygen atoms in total. The summed E-state index contributed by atoms with van der Waals surface area (Å²) < 4.78 is 1.87. The van der Waals surface area contributed by atoms with E-state index < -0.39 is 0 Å². The molecule has 25 heavy (non-hydrogen) atoms. The Kier molecular flexibility index (Phi) is 5.93. The van der Waals surface area contributed by atoms with Gasteiger partial charge in [0.05, 0.1) is 5.75 Å². The van der Waals surface area contributed by atoms with E-state index in [-0.39, 0.29) is 5.91 Å². The Hall–Kier alpha value is -2.06. The van der Waals surface area contributed by atoms with Gasteiger partial charge >= 0.3 is 0 Å². The summed E-state index contributed by atoms with van der Waals surface area (Å²) in [5.41, 5.74) is 1.91. The summed E-state index contributed by atoms with van der Waals surface area (Å²) in [6.45, 7) is 4.55. The lowest BCUT2D eigenvalue weighted by Gasteiger charge is -2.06. The van der Waals surface area contributed by atoms with Crippen LogP contribution in [0, 0.1) is 13.8 Å². The van der Waals surface area contributed by atoms with Gasteiger partial charge in [-0.05, 0) is 32.0 Å². The maximum atomic E-state index is 12.0. The molecule has 0 fully saturated rings. The van der Waals surface area contributed by atoms with Crippen molar-refractivity contribution in [3.05, 3.63) is 47.8 Å². The number of carbonyl (C=O) groups is 1. The maximum Gasteiger partial charge on any atom is 0.256 e. The van der Waals surface area contributed by atoms with E-state index in [2.05, 4.69) is 32.6 Å². The van der Waals surface area contributed by atoms with E-state index in [1.165, 1.54) is 16.7 Å². The lowest BCUT2D eigenvalue weighted by molar-refractivity contribution is -0.118. The highest BCUT2D eigenvalue weighted by Crippen LogP contribution is 2.18. The van der Waals surface area contributed by atoms with Crippen molar-refractivity contribution in [2.45, 2.75) is 23.9 Å². The average molecular weight is 374 g/mol. The fraction of sp³-hybridized carbons (Fsp3) is 0.294. The molecule has 0 aliphatic heterocycles. The van der Waals surface area contributed by atoms with Gasteiger partial charge in [0.1, 0.15) is 0 Å². The zero-order valence-electron chi connectivity index (χ0n) is 14.1. The molecule has 0 bridgehead atoms. The zero-order valence-corrected chi connectivity index (χ0v) is 15.7. The minimum Gasteiger partial charge on any atom is -0.355 e. The first-order valence-electron chi connectivity index (χ1n) is 7.90. The van der Waals surface area contributed by atoms with Crippen LogP contribution >= 0.6 is 23.5 Å². The van der Waals surface area contributed by atoms with Crippen molar-refractivity contribution >= 4 is 35.2 Å². The van der Waals surface area contributed by atoms with Crippen molar-refractivity contribution in [1.82, 2.24) is 24.9 Å². The summed E-state index contributed by atoms with van der Waals surface area (Å²) >= 11 is 3.10. The van der Waals surface area contributed by atoms with Crippen molar-refractivity contribution in [3.63, 3.8) is 0 Å². The van der Waals surface area contributed by atoms with Crippen molar-refractivity contribution in [2.75, 3.05) is 18.1 Å². The van der Waals surface area contributed by atoms with Crippen LogP contribution in [0.4, 0.5) is 0 Å². The molecule has 1 amide bonds. The van der Waals surface area contributed by atoms with Crippen molar-refractivity contribution in [2.24, 2.45) is 0 Å². The van der Waals surface area contributed by atoms with Gasteiger partial charge in [-0.3, -0.25) is 9.20 Å². The average Bonchev–Trinajstić information content (AvgIpc) is 3.01. The largest absolute Gasteiger partial charge is 0.355 e. The van der Waals surface area contributed by atoms with Crippen molar-refractivity contribution in [3.8, 4) is 0 Å². The van der Waals surface area contributed by atoms with E-state index in [1.54, 1.807) is 11.8 Å². The lowest BCUT2D eigenvalue weighted by atomic mass is 10.3. The molecule has 0 unspecified atom stereocenters. The Morgan fingerprint density at radius 2 is 1.96 bits per heavy atom. The van der Waals surface area contributed by atoms with Gasteiger partial charge in [0, 0.05) is 28.6 Å². The second kappa shape index (κ2) is 8.35. The molecule has 0 saturated heterocycles. The fourth-order valence-corrected chi connectivity index (χ4v) is 3.96. The standard InChI is InChI=1S/C17H19N5OS2/c1-12-10-13(2)22-16(19-12)20-21-17(22)25-11-15(23)18-8-9-24-14-6-4-3-5-7-14/h3-7,10H,8-9,11H2,1-2H3,(H,18,23). The smallest absolute Gasteiger partial charge is 0.256 e. The molecule has 8 heteroatoms. The minimum atomic E-state index is -0.00636. The molecule has 0 aliphatic carbocycles. The summed E-state index contributed by atoms with van der Waals surface area (Å²) in [5.74, 6) is 1.72. The summed E-state index contributed by atoms with van der Waals surface area (Å²) in [7, 11) is 0. The molecule has 2 heterocycles. The van der Waals surface area contributed by atoms with Crippen LogP contribution < -0.4 is 5.32 Å². The van der Waals surface area contributed by atoms with Crippen molar-refractivity contribution < 1.29 is 4.79 Å². The quantitative estimate of drug-likeness (QED) is 0.507. The molecular formula is C17H19N5OS2. The highest BCUT2D eigenvalue weighted by molar-refractivity contribution is 7.99. The Balaban J connectivity index is 1.46. The highest BCUT2D eigenvalue weighted by Gasteiger charge is 2.12.